The highest BCUT2D eigenvalue weighted by molar-refractivity contribution is 7.99. The predicted octanol–water partition coefficient (Wildman–Crippen LogP) is 10.7. The highest BCUT2D eigenvalue weighted by Gasteiger charge is 2.54. The first kappa shape index (κ1) is 39.8. The number of hydrogen-bond acceptors (Lipinski definition) is 10. The molecule has 3 aromatic heterocycles. The Bertz CT molecular complexity index is 2010. The van der Waals surface area contributed by atoms with Gasteiger partial charge in [-0.15, -0.1) is 0 Å². The van der Waals surface area contributed by atoms with Gasteiger partial charge in [0.1, 0.15) is 30.0 Å². The van der Waals surface area contributed by atoms with E-state index in [4.69, 9.17) is 28.8 Å². The second-order valence-electron chi connectivity index (χ2n) is 17.0. The van der Waals surface area contributed by atoms with Crippen LogP contribution in [0, 0.1) is 6.92 Å². The lowest BCUT2D eigenvalue weighted by Gasteiger charge is -2.44. The van der Waals surface area contributed by atoms with Crippen molar-refractivity contribution in [2.45, 2.75) is 125 Å². The van der Waals surface area contributed by atoms with E-state index in [1.807, 2.05) is 55.1 Å². The lowest BCUT2D eigenvalue weighted by Crippen LogP contribution is -2.53. The van der Waals surface area contributed by atoms with E-state index in [1.165, 1.54) is 6.33 Å². The fourth-order valence-electron chi connectivity index (χ4n) is 5.98. The molecular formula is C40H55N5O4S2Si2. The number of benzene rings is 2. The molecule has 9 nitrogen and oxygen atoms in total. The second kappa shape index (κ2) is 15.3. The number of rotatable bonds is 12. The predicted molar refractivity (Wildman–Crippen MR) is 223 cm³/mol. The van der Waals surface area contributed by atoms with Crippen LogP contribution in [0.4, 0.5) is 5.82 Å². The summed E-state index contributed by atoms with van der Waals surface area (Å²) in [5, 5.41) is 5.11. The van der Waals surface area contributed by atoms with Crippen LogP contribution in [0.5, 0.6) is 0 Å². The van der Waals surface area contributed by atoms with E-state index >= 15 is 0 Å². The molecule has 1 aliphatic heterocycles. The third-order valence-corrected chi connectivity index (χ3v) is 22.2. The lowest BCUT2D eigenvalue weighted by molar-refractivity contribution is -0.0246. The molecule has 4 atom stereocenters. The summed E-state index contributed by atoms with van der Waals surface area (Å²) in [6.07, 6.45) is 2.16. The number of nitrogens with two attached hydrogens (primary N) is 1. The molecule has 0 bridgehead atoms. The third kappa shape index (κ3) is 8.36. The van der Waals surface area contributed by atoms with Crippen LogP contribution in [-0.2, 0) is 19.3 Å². The second-order valence-corrected chi connectivity index (χ2v) is 28.6. The van der Waals surface area contributed by atoms with Crippen molar-refractivity contribution >= 4 is 57.0 Å². The van der Waals surface area contributed by atoms with E-state index in [0.29, 0.717) is 11.6 Å². The largest absolute Gasteiger partial charge is 0.408 e. The van der Waals surface area contributed by atoms with Gasteiger partial charge in [0.25, 0.3) is 0 Å². The molecule has 6 rings (SSSR count). The number of aromatic nitrogens is 4. The van der Waals surface area contributed by atoms with Crippen molar-refractivity contribution in [1.82, 2.24) is 19.7 Å². The maximum absolute atomic E-state index is 7.46. The zero-order valence-electron chi connectivity index (χ0n) is 33.0. The van der Waals surface area contributed by atoms with Crippen molar-refractivity contribution in [2.24, 2.45) is 0 Å². The van der Waals surface area contributed by atoms with Crippen LogP contribution >= 0.6 is 23.5 Å². The molecule has 0 aliphatic carbocycles. The summed E-state index contributed by atoms with van der Waals surface area (Å²) in [4.78, 5) is 11.3. The van der Waals surface area contributed by atoms with E-state index in [-0.39, 0.29) is 22.3 Å². The van der Waals surface area contributed by atoms with Gasteiger partial charge in [0, 0.05) is 38.6 Å². The lowest BCUT2D eigenvalue weighted by atomic mass is 10.1. The molecule has 0 radical (unpaired) electrons. The van der Waals surface area contributed by atoms with Gasteiger partial charge in [-0.1, -0.05) is 107 Å². The standard InChI is InChI=1S/C40H55N5O4S2Si2/c1-26-29(33(47-44-26)27-18-14-12-15-19-27)23-50-24-30-34(48-52(8,9)39(2,3)4)35(49-53(10,11)40(5,6)7)38(46-30)45-22-31(51-28-20-16-13-17-21-28)32-36(41)42-25-43-37(32)45/h12-22,25,30,34-35,38H,23-24H2,1-11H3,(H2,41,42,43)/t30-,34-,35-,38-/m1/s1. The molecule has 284 valence electrons. The summed E-state index contributed by atoms with van der Waals surface area (Å²) in [6.45, 7) is 24.9. The van der Waals surface area contributed by atoms with Gasteiger partial charge in [0.15, 0.2) is 28.6 Å². The summed E-state index contributed by atoms with van der Waals surface area (Å²) in [5.41, 5.74) is 10.3. The minimum atomic E-state index is -2.35. The van der Waals surface area contributed by atoms with Crippen molar-refractivity contribution < 1.29 is 18.1 Å². The molecule has 1 aliphatic rings. The van der Waals surface area contributed by atoms with E-state index < -0.39 is 29.0 Å². The number of nitrogen functional groups attached to an aromatic ring is 1. The molecule has 4 heterocycles. The first-order chi connectivity index (χ1) is 24.9. The summed E-state index contributed by atoms with van der Waals surface area (Å²) in [6, 6.07) is 20.5. The Morgan fingerprint density at radius 2 is 1.45 bits per heavy atom. The maximum Gasteiger partial charge on any atom is 0.192 e. The number of aryl methyl sites for hydroxylation is 1. The average molecular weight is 790 g/mol. The quantitative estimate of drug-likeness (QED) is 0.123. The zero-order chi connectivity index (χ0) is 38.3. The highest BCUT2D eigenvalue weighted by atomic mass is 32.2. The van der Waals surface area contributed by atoms with Crippen LogP contribution in [0.25, 0.3) is 22.4 Å². The first-order valence-electron chi connectivity index (χ1n) is 18.3. The minimum absolute atomic E-state index is 0.0181. The number of fused-ring (bicyclic) bond motifs is 1. The Morgan fingerprint density at radius 1 is 0.849 bits per heavy atom. The number of anilines is 1. The Hall–Kier alpha value is -2.92. The number of nitrogens with zero attached hydrogens (tertiary/aromatic N) is 4. The van der Waals surface area contributed by atoms with Crippen LogP contribution in [0.1, 0.15) is 59.0 Å². The van der Waals surface area contributed by atoms with Gasteiger partial charge in [0.2, 0.25) is 0 Å². The molecule has 2 aromatic carbocycles. The summed E-state index contributed by atoms with van der Waals surface area (Å²) in [5.74, 6) is 2.66. The van der Waals surface area contributed by atoms with Crippen molar-refractivity contribution in [3.8, 4) is 11.3 Å². The number of ether oxygens (including phenoxy) is 1. The van der Waals surface area contributed by atoms with Gasteiger partial charge in [-0.2, -0.15) is 11.8 Å². The molecule has 2 N–H and O–H groups in total. The third-order valence-electron chi connectivity index (χ3n) is 11.2. The summed E-state index contributed by atoms with van der Waals surface area (Å²) < 4.78 is 30.1. The molecule has 0 saturated carbocycles. The minimum Gasteiger partial charge on any atom is -0.408 e. The SMILES string of the molecule is Cc1noc(-c2ccccc2)c1CSC[C@H]1O[C@@H](n2cc(Sc3ccccc3)c3c(N)ncnc32)[C@H](O[Si](C)(C)C(C)(C)C)[C@@H]1O[Si](C)(C)C(C)(C)C. The first-order valence-corrected chi connectivity index (χ1v) is 26.1. The van der Waals surface area contributed by atoms with Gasteiger partial charge >= 0.3 is 0 Å². The Kier molecular flexibility index (Phi) is 11.5. The Balaban J connectivity index is 1.42. The van der Waals surface area contributed by atoms with Crippen molar-refractivity contribution in [3.05, 3.63) is 84.4 Å². The van der Waals surface area contributed by atoms with Gasteiger partial charge in [-0.25, -0.2) is 9.97 Å². The molecule has 0 amide bonds. The molecule has 13 heteroatoms. The van der Waals surface area contributed by atoms with E-state index in [2.05, 4.69) is 113 Å². The summed E-state index contributed by atoms with van der Waals surface area (Å²) in [7, 11) is -4.65. The van der Waals surface area contributed by atoms with Crippen LogP contribution in [0.2, 0.25) is 36.3 Å². The number of thioether (sulfide) groups is 1. The molecule has 53 heavy (non-hydrogen) atoms. The monoisotopic (exact) mass is 789 g/mol. The van der Waals surface area contributed by atoms with Crippen molar-refractivity contribution in [2.75, 3.05) is 11.5 Å². The van der Waals surface area contributed by atoms with Crippen LogP contribution in [0.3, 0.4) is 0 Å². The van der Waals surface area contributed by atoms with Gasteiger partial charge in [-0.05, 0) is 55.3 Å². The molecule has 5 aromatic rings. The summed E-state index contributed by atoms with van der Waals surface area (Å²) >= 11 is 3.46. The number of hydrogen-bond donors (Lipinski definition) is 1. The van der Waals surface area contributed by atoms with Crippen LogP contribution < -0.4 is 5.73 Å². The normalized spacial score (nSPS) is 20.1. The Labute approximate surface area is 325 Å². The van der Waals surface area contributed by atoms with Crippen molar-refractivity contribution in [1.29, 1.82) is 0 Å². The fourth-order valence-corrected chi connectivity index (χ4v) is 10.8. The van der Waals surface area contributed by atoms with E-state index in [0.717, 1.165) is 49.2 Å². The topological polar surface area (TPSA) is 110 Å². The van der Waals surface area contributed by atoms with E-state index in [9.17, 15) is 0 Å². The average Bonchev–Trinajstić information content (AvgIpc) is 3.74. The smallest absolute Gasteiger partial charge is 0.192 e. The van der Waals surface area contributed by atoms with Crippen molar-refractivity contribution in [3.63, 3.8) is 0 Å². The van der Waals surface area contributed by atoms with E-state index in [1.54, 1.807) is 11.8 Å². The molecule has 1 fully saturated rings. The van der Waals surface area contributed by atoms with Crippen LogP contribution in [-0.4, -0.2) is 60.4 Å². The highest BCUT2D eigenvalue weighted by Crippen LogP contribution is 2.48. The van der Waals surface area contributed by atoms with Gasteiger partial charge < -0.3 is 28.4 Å². The molecular weight excluding hydrogens is 735 g/mol. The zero-order valence-corrected chi connectivity index (χ0v) is 36.6. The fraction of sp³-hybridized carbons (Fsp3) is 0.475. The molecule has 1 saturated heterocycles. The maximum atomic E-state index is 7.46. The van der Waals surface area contributed by atoms with Gasteiger partial charge in [-0.3, -0.25) is 0 Å². The Morgan fingerprint density at radius 3 is 2.08 bits per heavy atom. The van der Waals surface area contributed by atoms with Crippen LogP contribution in [0.15, 0.2) is 87.5 Å². The molecule has 0 spiro atoms. The van der Waals surface area contributed by atoms with Gasteiger partial charge in [0.05, 0.1) is 17.2 Å². The molecule has 0 unspecified atom stereocenters.